The van der Waals surface area contributed by atoms with E-state index in [1.165, 1.54) is 14.2 Å². The molecule has 0 heterocycles. The lowest BCUT2D eigenvalue weighted by Gasteiger charge is -2.20. The van der Waals surface area contributed by atoms with Crippen molar-refractivity contribution in [1.29, 1.82) is 0 Å². The van der Waals surface area contributed by atoms with Crippen LogP contribution in [-0.2, 0) is 19.8 Å². The van der Waals surface area contributed by atoms with Gasteiger partial charge >= 0.3 is 7.60 Å². The molecule has 110 valence electrons. The number of benzene rings is 1. The van der Waals surface area contributed by atoms with Crippen molar-refractivity contribution in [2.45, 2.75) is 25.7 Å². The van der Waals surface area contributed by atoms with E-state index in [0.29, 0.717) is 5.75 Å². The van der Waals surface area contributed by atoms with Crippen LogP contribution < -0.4 is 4.74 Å². The molecular weight excluding hydrogens is 281 g/mol. The third kappa shape index (κ3) is 4.87. The fourth-order valence-electron chi connectivity index (χ4n) is 1.51. The second-order valence-electron chi connectivity index (χ2n) is 4.52. The molecule has 1 aromatic carbocycles. The summed E-state index contributed by atoms with van der Waals surface area (Å²) < 4.78 is 27.3. The van der Waals surface area contributed by atoms with Gasteiger partial charge in [-0.05, 0) is 42.2 Å². The molecule has 0 radical (unpaired) electrons. The van der Waals surface area contributed by atoms with E-state index < -0.39 is 13.3 Å². The van der Waals surface area contributed by atoms with Crippen LogP contribution in [0.5, 0.6) is 5.75 Å². The van der Waals surface area contributed by atoms with E-state index in [1.54, 1.807) is 38.1 Å². The van der Waals surface area contributed by atoms with Crippen LogP contribution in [0, 0.1) is 0 Å². The van der Waals surface area contributed by atoms with Gasteiger partial charge in [-0.3, -0.25) is 4.57 Å². The topological polar surface area (TPSA) is 93.5 Å². The summed E-state index contributed by atoms with van der Waals surface area (Å²) in [5, 5.41) is 3.53. The zero-order valence-electron chi connectivity index (χ0n) is 11.9. The van der Waals surface area contributed by atoms with E-state index in [2.05, 4.69) is 10.0 Å². The van der Waals surface area contributed by atoms with E-state index in [1.807, 2.05) is 0 Å². The van der Waals surface area contributed by atoms with Gasteiger partial charge in [-0.2, -0.15) is 0 Å². The Morgan fingerprint density at radius 1 is 1.25 bits per heavy atom. The van der Waals surface area contributed by atoms with Gasteiger partial charge in [-0.1, -0.05) is 12.1 Å². The van der Waals surface area contributed by atoms with Crippen LogP contribution >= 0.6 is 7.60 Å². The van der Waals surface area contributed by atoms with Crippen molar-refractivity contribution in [3.05, 3.63) is 40.3 Å². The predicted octanol–water partition coefficient (Wildman–Crippen LogP) is 4.10. The molecule has 1 rings (SSSR count). The normalized spacial score (nSPS) is 11.8. The Kier molecular flexibility index (Phi) is 5.60. The first-order valence-electron chi connectivity index (χ1n) is 5.89. The molecule has 0 unspecified atom stereocenters. The monoisotopic (exact) mass is 299 g/mol. The summed E-state index contributed by atoms with van der Waals surface area (Å²) >= 11 is 0. The van der Waals surface area contributed by atoms with Crippen LogP contribution in [0.25, 0.3) is 10.4 Å². The summed E-state index contributed by atoms with van der Waals surface area (Å²) in [5.41, 5.74) is 8.25. The molecule has 0 aliphatic carbocycles. The first-order valence-corrected chi connectivity index (χ1v) is 7.62. The lowest BCUT2D eigenvalue weighted by Crippen LogP contribution is -2.24. The Labute approximate surface area is 118 Å². The summed E-state index contributed by atoms with van der Waals surface area (Å²) in [7, 11) is -0.374. The number of hydrogen-bond acceptors (Lipinski definition) is 5. The highest BCUT2D eigenvalue weighted by molar-refractivity contribution is 7.52. The first kappa shape index (κ1) is 16.5. The molecule has 0 aliphatic rings. The number of rotatable bonds is 7. The first-order chi connectivity index (χ1) is 9.34. The Morgan fingerprint density at radius 3 is 2.25 bits per heavy atom. The Balaban J connectivity index is 2.79. The second kappa shape index (κ2) is 6.77. The molecule has 7 nitrogen and oxygen atoms in total. The van der Waals surface area contributed by atoms with Crippen molar-refractivity contribution in [2.24, 2.45) is 5.11 Å². The zero-order valence-corrected chi connectivity index (χ0v) is 12.8. The minimum Gasteiger partial charge on any atom is -0.482 e. The van der Waals surface area contributed by atoms with Crippen molar-refractivity contribution >= 4 is 7.60 Å². The van der Waals surface area contributed by atoms with Crippen molar-refractivity contribution in [3.63, 3.8) is 0 Å². The van der Waals surface area contributed by atoms with Crippen molar-refractivity contribution in [1.82, 2.24) is 0 Å². The van der Waals surface area contributed by atoms with Crippen LogP contribution in [0.2, 0.25) is 0 Å². The molecule has 1 aromatic rings. The molecule has 0 N–H and O–H groups in total. The maximum atomic E-state index is 12.0. The number of ether oxygens (including phenoxy) is 1. The van der Waals surface area contributed by atoms with Crippen molar-refractivity contribution < 1.29 is 18.3 Å². The molecule has 0 aromatic heterocycles. The minimum atomic E-state index is -3.08. The van der Waals surface area contributed by atoms with E-state index in [4.69, 9.17) is 19.3 Å². The van der Waals surface area contributed by atoms with Crippen LogP contribution in [0.1, 0.15) is 19.4 Å². The van der Waals surface area contributed by atoms with Crippen LogP contribution in [0.15, 0.2) is 29.4 Å². The number of hydrogen-bond donors (Lipinski definition) is 0. The van der Waals surface area contributed by atoms with Gasteiger partial charge in [0.2, 0.25) is 0 Å². The summed E-state index contributed by atoms with van der Waals surface area (Å²) in [6.45, 7) is 3.31. The average Bonchev–Trinajstić information content (AvgIpc) is 2.40. The Morgan fingerprint density at radius 2 is 1.80 bits per heavy atom. The summed E-state index contributed by atoms with van der Waals surface area (Å²) in [6.07, 6.45) is 0.181. The predicted molar refractivity (Wildman–Crippen MR) is 75.6 cm³/mol. The summed E-state index contributed by atoms with van der Waals surface area (Å²) in [4.78, 5) is 2.72. The molecular formula is C12H18N3O4P. The highest BCUT2D eigenvalue weighted by Gasteiger charge is 2.22. The van der Waals surface area contributed by atoms with Crippen LogP contribution in [-0.4, -0.2) is 19.9 Å². The second-order valence-corrected chi connectivity index (χ2v) is 6.78. The Bertz CT molecular complexity index is 530. The van der Waals surface area contributed by atoms with E-state index in [9.17, 15) is 4.57 Å². The van der Waals surface area contributed by atoms with Crippen molar-refractivity contribution in [3.8, 4) is 5.75 Å². The smallest absolute Gasteiger partial charge is 0.334 e. The van der Waals surface area contributed by atoms with Gasteiger partial charge in [-0.15, -0.1) is 0 Å². The Hall–Kier alpha value is -1.52. The SMILES string of the molecule is COP(=O)(Cc1ccc(OC(C)(C)N=[N+]=[N-])cc1)OC. The van der Waals surface area contributed by atoms with E-state index in [-0.39, 0.29) is 6.16 Å². The molecule has 0 amide bonds. The highest BCUT2D eigenvalue weighted by atomic mass is 31.2. The minimum absolute atomic E-state index is 0.181. The summed E-state index contributed by atoms with van der Waals surface area (Å²) in [5.74, 6) is 0.552. The average molecular weight is 299 g/mol. The van der Waals surface area contributed by atoms with Gasteiger partial charge in [0, 0.05) is 19.1 Å². The molecule has 0 aliphatic heterocycles. The standard InChI is InChI=1S/C12H18N3O4P/c1-12(2,14-15-13)19-11-7-5-10(6-8-11)9-20(16,17-3)18-4/h5-8H,9H2,1-4H3. The highest BCUT2D eigenvalue weighted by Crippen LogP contribution is 2.49. The van der Waals surface area contributed by atoms with Gasteiger partial charge in [0.25, 0.3) is 0 Å². The molecule has 0 saturated heterocycles. The number of azide groups is 1. The van der Waals surface area contributed by atoms with Gasteiger partial charge in [-0.25, -0.2) is 0 Å². The molecule has 20 heavy (non-hydrogen) atoms. The van der Waals surface area contributed by atoms with Crippen LogP contribution in [0.4, 0.5) is 0 Å². The van der Waals surface area contributed by atoms with Gasteiger partial charge in [0.05, 0.1) is 6.16 Å². The lowest BCUT2D eigenvalue weighted by atomic mass is 10.2. The van der Waals surface area contributed by atoms with E-state index >= 15 is 0 Å². The fraction of sp³-hybridized carbons (Fsp3) is 0.500. The fourth-order valence-corrected chi connectivity index (χ4v) is 2.57. The number of nitrogens with zero attached hydrogens (tertiary/aromatic N) is 3. The summed E-state index contributed by atoms with van der Waals surface area (Å²) in [6, 6.07) is 6.93. The molecule has 0 bridgehead atoms. The molecule has 0 atom stereocenters. The maximum absolute atomic E-state index is 12.0. The molecule has 0 spiro atoms. The quantitative estimate of drug-likeness (QED) is 0.328. The van der Waals surface area contributed by atoms with Crippen molar-refractivity contribution in [2.75, 3.05) is 14.2 Å². The van der Waals surface area contributed by atoms with Gasteiger partial charge < -0.3 is 13.8 Å². The zero-order chi connectivity index (χ0) is 15.2. The lowest BCUT2D eigenvalue weighted by molar-refractivity contribution is 0.117. The van der Waals surface area contributed by atoms with Crippen LogP contribution in [0.3, 0.4) is 0 Å². The largest absolute Gasteiger partial charge is 0.482 e. The molecule has 0 saturated carbocycles. The van der Waals surface area contributed by atoms with Gasteiger partial charge in [0.1, 0.15) is 5.75 Å². The third-order valence-corrected chi connectivity index (χ3v) is 4.37. The molecule has 8 heteroatoms. The maximum Gasteiger partial charge on any atom is 0.334 e. The third-order valence-electron chi connectivity index (χ3n) is 2.51. The van der Waals surface area contributed by atoms with Gasteiger partial charge in [0.15, 0.2) is 5.72 Å². The molecule has 0 fully saturated rings. The van der Waals surface area contributed by atoms with E-state index in [0.717, 1.165) is 5.56 Å².